The predicted molar refractivity (Wildman–Crippen MR) is 56.7 cm³/mol. The lowest BCUT2D eigenvalue weighted by atomic mass is 10.2. The van der Waals surface area contributed by atoms with Crippen LogP contribution in [-0.2, 0) is 9.53 Å². The summed E-state index contributed by atoms with van der Waals surface area (Å²) in [7, 11) is 0. The van der Waals surface area contributed by atoms with Crippen molar-refractivity contribution in [1.82, 2.24) is 4.90 Å². The van der Waals surface area contributed by atoms with E-state index in [1.54, 1.807) is 0 Å². The number of carboxylic acids is 1. The fourth-order valence-electron chi connectivity index (χ4n) is 1.91. The molecule has 15 heavy (non-hydrogen) atoms. The largest absolute Gasteiger partial charge is 0.480 e. The maximum atomic E-state index is 10.5. The summed E-state index contributed by atoms with van der Waals surface area (Å²) in [4.78, 5) is 12.7. The van der Waals surface area contributed by atoms with Gasteiger partial charge in [-0.25, -0.2) is 0 Å². The number of hydrogen-bond acceptors (Lipinski definition) is 4. The number of nitrogens with zero attached hydrogens (tertiary/aromatic N) is 1. The summed E-state index contributed by atoms with van der Waals surface area (Å²) in [5.74, 6) is -0.927. The van der Waals surface area contributed by atoms with E-state index in [0.717, 1.165) is 19.6 Å². The minimum atomic E-state index is -0.927. The molecule has 88 valence electrons. The summed E-state index contributed by atoms with van der Waals surface area (Å²) in [5, 5.41) is 8.65. The molecule has 1 saturated heterocycles. The van der Waals surface area contributed by atoms with E-state index in [4.69, 9.17) is 15.6 Å². The number of hydrogen-bond donors (Lipinski definition) is 2. The summed E-state index contributed by atoms with van der Waals surface area (Å²) in [6.07, 6.45) is 0.930. The number of ether oxygens (including phenoxy) is 1. The van der Waals surface area contributed by atoms with Gasteiger partial charge in [0.25, 0.3) is 0 Å². The molecule has 1 heterocycles. The van der Waals surface area contributed by atoms with Gasteiger partial charge in [-0.2, -0.15) is 0 Å². The zero-order valence-corrected chi connectivity index (χ0v) is 9.35. The Morgan fingerprint density at radius 3 is 2.53 bits per heavy atom. The Morgan fingerprint density at radius 2 is 2.07 bits per heavy atom. The normalized spacial score (nSPS) is 30.1. The molecule has 0 amide bonds. The van der Waals surface area contributed by atoms with Crippen LogP contribution in [0.1, 0.15) is 20.3 Å². The fourth-order valence-corrected chi connectivity index (χ4v) is 1.91. The molecule has 0 spiro atoms. The molecule has 0 bridgehead atoms. The van der Waals surface area contributed by atoms with Gasteiger partial charge in [-0.05, 0) is 20.3 Å². The first-order valence-corrected chi connectivity index (χ1v) is 5.35. The Labute approximate surface area is 90.2 Å². The van der Waals surface area contributed by atoms with Crippen molar-refractivity contribution >= 4 is 5.97 Å². The zero-order valence-electron chi connectivity index (χ0n) is 9.35. The quantitative estimate of drug-likeness (QED) is 0.686. The molecule has 0 aliphatic carbocycles. The van der Waals surface area contributed by atoms with Crippen molar-refractivity contribution in [1.29, 1.82) is 0 Å². The van der Waals surface area contributed by atoms with Gasteiger partial charge in [-0.15, -0.1) is 0 Å². The van der Waals surface area contributed by atoms with Gasteiger partial charge in [0.2, 0.25) is 0 Å². The molecule has 3 atom stereocenters. The van der Waals surface area contributed by atoms with Gasteiger partial charge < -0.3 is 15.6 Å². The number of carboxylic acid groups (broad SMARTS) is 1. The topological polar surface area (TPSA) is 75.8 Å². The molecule has 0 aromatic heterocycles. The second kappa shape index (κ2) is 5.44. The second-order valence-corrected chi connectivity index (χ2v) is 4.25. The zero-order chi connectivity index (χ0) is 11.4. The first kappa shape index (κ1) is 12.4. The van der Waals surface area contributed by atoms with Crippen LogP contribution in [0.4, 0.5) is 0 Å². The monoisotopic (exact) mass is 216 g/mol. The third kappa shape index (κ3) is 4.15. The summed E-state index contributed by atoms with van der Waals surface area (Å²) in [6.45, 7) is 6.50. The van der Waals surface area contributed by atoms with Gasteiger partial charge in [0.05, 0.1) is 12.2 Å². The Balaban J connectivity index is 2.29. The van der Waals surface area contributed by atoms with Crippen LogP contribution in [-0.4, -0.2) is 53.9 Å². The van der Waals surface area contributed by atoms with E-state index >= 15 is 0 Å². The third-order valence-electron chi connectivity index (χ3n) is 2.57. The molecule has 5 nitrogen and oxygen atoms in total. The highest BCUT2D eigenvalue weighted by Gasteiger charge is 2.23. The summed E-state index contributed by atoms with van der Waals surface area (Å²) in [5.41, 5.74) is 5.45. The highest BCUT2D eigenvalue weighted by Crippen LogP contribution is 2.10. The lowest BCUT2D eigenvalue weighted by Gasteiger charge is -2.35. The van der Waals surface area contributed by atoms with Crippen LogP contribution in [0.15, 0.2) is 0 Å². The molecule has 1 fully saturated rings. The lowest BCUT2D eigenvalue weighted by Crippen LogP contribution is -2.47. The van der Waals surface area contributed by atoms with Crippen molar-refractivity contribution in [2.24, 2.45) is 5.73 Å². The summed E-state index contributed by atoms with van der Waals surface area (Å²) < 4.78 is 5.58. The van der Waals surface area contributed by atoms with Gasteiger partial charge in [0.15, 0.2) is 0 Å². The molecule has 3 N–H and O–H groups in total. The molecule has 0 saturated carbocycles. The SMILES string of the molecule is C[C@@H]1CN(CCC(N)C(=O)O)C[C@H](C)O1. The first-order valence-electron chi connectivity index (χ1n) is 5.35. The smallest absolute Gasteiger partial charge is 0.320 e. The van der Waals surface area contributed by atoms with Gasteiger partial charge in [-0.1, -0.05) is 0 Å². The van der Waals surface area contributed by atoms with E-state index in [1.807, 2.05) is 13.8 Å². The van der Waals surface area contributed by atoms with Gasteiger partial charge in [-0.3, -0.25) is 9.69 Å². The number of morpholine rings is 1. The van der Waals surface area contributed by atoms with Crippen LogP contribution in [0.2, 0.25) is 0 Å². The predicted octanol–water partition coefficient (Wildman–Crippen LogP) is -0.102. The highest BCUT2D eigenvalue weighted by atomic mass is 16.5. The Hall–Kier alpha value is -0.650. The number of aliphatic carboxylic acids is 1. The van der Waals surface area contributed by atoms with Gasteiger partial charge in [0, 0.05) is 19.6 Å². The first-order chi connectivity index (χ1) is 6.99. The van der Waals surface area contributed by atoms with Crippen molar-refractivity contribution in [2.45, 2.75) is 38.5 Å². The van der Waals surface area contributed by atoms with Gasteiger partial charge >= 0.3 is 5.97 Å². The van der Waals surface area contributed by atoms with E-state index in [9.17, 15) is 4.79 Å². The molecule has 0 radical (unpaired) electrons. The molecule has 1 aliphatic rings. The average molecular weight is 216 g/mol. The van der Waals surface area contributed by atoms with E-state index in [-0.39, 0.29) is 12.2 Å². The number of rotatable bonds is 4. The standard InChI is InChI=1S/C10H20N2O3/c1-7-5-12(6-8(2)15-7)4-3-9(11)10(13)14/h7-9H,3-6,11H2,1-2H3,(H,13,14)/t7-,8+,9?. The molecule has 1 rings (SSSR count). The van der Waals surface area contributed by atoms with Gasteiger partial charge in [0.1, 0.15) is 6.04 Å². The highest BCUT2D eigenvalue weighted by molar-refractivity contribution is 5.72. The van der Waals surface area contributed by atoms with Crippen LogP contribution in [0, 0.1) is 0 Å². The van der Waals surface area contributed by atoms with Crippen molar-refractivity contribution in [3.63, 3.8) is 0 Å². The molecular weight excluding hydrogens is 196 g/mol. The van der Waals surface area contributed by atoms with Crippen LogP contribution in [0.25, 0.3) is 0 Å². The van der Waals surface area contributed by atoms with E-state index in [2.05, 4.69) is 4.90 Å². The second-order valence-electron chi connectivity index (χ2n) is 4.25. The molecule has 1 aliphatic heterocycles. The van der Waals surface area contributed by atoms with E-state index in [0.29, 0.717) is 6.42 Å². The van der Waals surface area contributed by atoms with Crippen molar-refractivity contribution < 1.29 is 14.6 Å². The van der Waals surface area contributed by atoms with Crippen molar-refractivity contribution in [2.75, 3.05) is 19.6 Å². The maximum Gasteiger partial charge on any atom is 0.320 e. The van der Waals surface area contributed by atoms with Crippen molar-refractivity contribution in [3.05, 3.63) is 0 Å². The molecular formula is C10H20N2O3. The molecule has 0 aromatic rings. The average Bonchev–Trinajstić information content (AvgIpc) is 2.12. The van der Waals surface area contributed by atoms with Crippen LogP contribution < -0.4 is 5.73 Å². The van der Waals surface area contributed by atoms with Crippen LogP contribution >= 0.6 is 0 Å². The fraction of sp³-hybridized carbons (Fsp3) is 0.900. The van der Waals surface area contributed by atoms with Crippen LogP contribution in [0.3, 0.4) is 0 Å². The number of nitrogens with two attached hydrogens (primary N) is 1. The van der Waals surface area contributed by atoms with Crippen LogP contribution in [0.5, 0.6) is 0 Å². The van der Waals surface area contributed by atoms with Crippen molar-refractivity contribution in [3.8, 4) is 0 Å². The Morgan fingerprint density at radius 1 is 1.53 bits per heavy atom. The molecule has 0 aromatic carbocycles. The Bertz CT molecular complexity index is 213. The summed E-state index contributed by atoms with van der Waals surface area (Å²) in [6, 6.07) is -0.751. The number of carbonyl (C=O) groups is 1. The third-order valence-corrected chi connectivity index (χ3v) is 2.57. The minimum Gasteiger partial charge on any atom is -0.480 e. The van der Waals surface area contributed by atoms with E-state index < -0.39 is 12.0 Å². The maximum absolute atomic E-state index is 10.5. The summed E-state index contributed by atoms with van der Waals surface area (Å²) >= 11 is 0. The van der Waals surface area contributed by atoms with E-state index in [1.165, 1.54) is 0 Å². The minimum absolute atomic E-state index is 0.217. The molecule has 1 unspecified atom stereocenters. The Kier molecular flexibility index (Phi) is 4.50. The lowest BCUT2D eigenvalue weighted by molar-refractivity contribution is -0.138. The molecule has 5 heteroatoms.